The Morgan fingerprint density at radius 2 is 1.94 bits per heavy atom. The Morgan fingerprint density at radius 3 is 2.39 bits per heavy atom. The quantitative estimate of drug-likeness (QED) is 0.562. The van der Waals surface area contributed by atoms with Crippen LogP contribution in [0.1, 0.15) is 20.8 Å². The van der Waals surface area contributed by atoms with Crippen LogP contribution in [0.2, 0.25) is 18.1 Å². The van der Waals surface area contributed by atoms with Crippen molar-refractivity contribution in [3.05, 3.63) is 0 Å². The van der Waals surface area contributed by atoms with Crippen LogP contribution in [0.3, 0.4) is 0 Å². The molecule has 104 valence electrons. The van der Waals surface area contributed by atoms with Gasteiger partial charge in [-0.3, -0.25) is 0 Å². The van der Waals surface area contributed by atoms with Gasteiger partial charge in [0, 0.05) is 0 Å². The molecule has 0 saturated carbocycles. The fourth-order valence-corrected chi connectivity index (χ4v) is 4.97. The predicted molar refractivity (Wildman–Crippen MR) is 72.7 cm³/mol. The van der Waals surface area contributed by atoms with E-state index in [1.165, 1.54) is 0 Å². The highest BCUT2D eigenvalue weighted by molar-refractivity contribution is 6.73. The Balaban J connectivity index is 2.67. The summed E-state index contributed by atoms with van der Waals surface area (Å²) in [5.74, 6) is 2.25. The average Bonchev–Trinajstić information content (AvgIpc) is 2.69. The lowest BCUT2D eigenvalue weighted by atomic mass is 9.95. The molecule has 3 atom stereocenters. The van der Waals surface area contributed by atoms with E-state index in [4.69, 9.17) is 15.6 Å². The van der Waals surface area contributed by atoms with Crippen molar-refractivity contribution in [1.29, 1.82) is 0 Å². The highest BCUT2D eigenvalue weighted by Crippen LogP contribution is 2.29. The van der Waals surface area contributed by atoms with Crippen LogP contribution in [0, 0.1) is 12.3 Å². The molecule has 0 unspecified atom stereocenters. The second-order valence-electron chi connectivity index (χ2n) is 4.86. The van der Waals surface area contributed by atoms with Gasteiger partial charge in [0.15, 0.2) is 13.9 Å². The molecule has 0 amide bonds. The second kappa shape index (κ2) is 6.18. The molecule has 1 fully saturated rings. The van der Waals surface area contributed by atoms with Crippen molar-refractivity contribution in [3.63, 3.8) is 0 Å². The molecular weight excluding hydrogens is 248 g/mol. The number of ether oxygens (including phenoxy) is 1. The van der Waals surface area contributed by atoms with E-state index in [-0.39, 0.29) is 13.2 Å². The Kier molecular flexibility index (Phi) is 5.38. The topological polar surface area (TPSA) is 58.9 Å². The van der Waals surface area contributed by atoms with Gasteiger partial charge < -0.3 is 19.4 Å². The summed E-state index contributed by atoms with van der Waals surface area (Å²) in [4.78, 5) is 0. The first kappa shape index (κ1) is 15.7. The van der Waals surface area contributed by atoms with E-state index >= 15 is 0 Å². The zero-order chi connectivity index (χ0) is 13.8. The number of hydrogen-bond donors (Lipinski definition) is 2. The van der Waals surface area contributed by atoms with Crippen LogP contribution in [-0.2, 0) is 9.16 Å². The molecule has 4 nitrogen and oxygen atoms in total. The molecule has 0 aromatic heterocycles. The minimum atomic E-state index is -1.72. The molecule has 1 heterocycles. The predicted octanol–water partition coefficient (Wildman–Crippen LogP) is 1.13. The number of aliphatic hydroxyl groups is 2. The zero-order valence-corrected chi connectivity index (χ0v) is 12.5. The smallest absolute Gasteiger partial charge is 0.192 e. The maximum atomic E-state index is 10.2. The maximum absolute atomic E-state index is 10.2. The SMILES string of the molecule is C#C[C@]1(O)[C@@H](O)CO[C@@H]1CO[Si](CC)(CC)CC. The third kappa shape index (κ3) is 2.78. The first-order valence-corrected chi connectivity index (χ1v) is 9.14. The van der Waals surface area contributed by atoms with E-state index in [9.17, 15) is 10.2 Å². The molecule has 0 radical (unpaired) electrons. The lowest BCUT2D eigenvalue weighted by Crippen LogP contribution is -2.49. The van der Waals surface area contributed by atoms with E-state index in [1.54, 1.807) is 0 Å². The van der Waals surface area contributed by atoms with Crippen LogP contribution < -0.4 is 0 Å². The average molecular weight is 272 g/mol. The molecule has 0 aromatic carbocycles. The number of rotatable bonds is 6. The highest BCUT2D eigenvalue weighted by Gasteiger charge is 2.49. The van der Waals surface area contributed by atoms with E-state index in [2.05, 4.69) is 26.7 Å². The third-order valence-electron chi connectivity index (χ3n) is 4.16. The van der Waals surface area contributed by atoms with Crippen molar-refractivity contribution in [2.45, 2.75) is 56.7 Å². The van der Waals surface area contributed by atoms with Gasteiger partial charge in [-0.05, 0) is 18.1 Å². The Morgan fingerprint density at radius 1 is 1.39 bits per heavy atom. The summed E-state index contributed by atoms with van der Waals surface area (Å²) in [5, 5.41) is 19.8. The van der Waals surface area contributed by atoms with Crippen LogP contribution in [0.4, 0.5) is 0 Å². The summed E-state index contributed by atoms with van der Waals surface area (Å²) in [6.45, 7) is 6.73. The van der Waals surface area contributed by atoms with Gasteiger partial charge in [0.2, 0.25) is 0 Å². The second-order valence-corrected chi connectivity index (χ2v) is 9.64. The van der Waals surface area contributed by atoms with E-state index in [0.717, 1.165) is 18.1 Å². The maximum Gasteiger partial charge on any atom is 0.192 e. The van der Waals surface area contributed by atoms with Gasteiger partial charge in [0.05, 0.1) is 13.2 Å². The number of terminal acetylenes is 1. The van der Waals surface area contributed by atoms with Crippen LogP contribution in [-0.4, -0.2) is 49.6 Å². The standard InChI is InChI=1S/C13H24O4Si/c1-5-13(15)11(14)9-16-12(13)10-17-18(6-2,7-3)8-4/h1,11-12,14-15H,6-10H2,2-4H3/t11-,12+,13-/m0/s1. The van der Waals surface area contributed by atoms with Crippen LogP contribution in [0.15, 0.2) is 0 Å². The highest BCUT2D eigenvalue weighted by atomic mass is 28.4. The molecule has 1 rings (SSSR count). The van der Waals surface area contributed by atoms with E-state index in [1.807, 2.05) is 0 Å². The summed E-state index contributed by atoms with van der Waals surface area (Å²) >= 11 is 0. The molecule has 0 aromatic rings. The first-order chi connectivity index (χ1) is 8.48. The van der Waals surface area contributed by atoms with Gasteiger partial charge in [-0.15, -0.1) is 6.42 Å². The molecule has 2 N–H and O–H groups in total. The van der Waals surface area contributed by atoms with Crippen molar-refractivity contribution >= 4 is 8.32 Å². The molecular formula is C13H24O4Si. The molecule has 5 heteroatoms. The minimum absolute atomic E-state index is 0.0632. The molecule has 1 aliphatic heterocycles. The summed E-state index contributed by atoms with van der Waals surface area (Å²) in [7, 11) is -1.72. The third-order valence-corrected chi connectivity index (χ3v) is 8.80. The minimum Gasteiger partial charge on any atom is -0.414 e. The van der Waals surface area contributed by atoms with Crippen molar-refractivity contribution in [3.8, 4) is 12.3 Å². The molecule has 1 aliphatic rings. The largest absolute Gasteiger partial charge is 0.414 e. The Bertz CT molecular complexity index is 302. The lowest BCUT2D eigenvalue weighted by molar-refractivity contribution is -0.0490. The monoisotopic (exact) mass is 272 g/mol. The van der Waals surface area contributed by atoms with Crippen molar-refractivity contribution in [2.24, 2.45) is 0 Å². The molecule has 0 bridgehead atoms. The normalized spacial score (nSPS) is 32.4. The van der Waals surface area contributed by atoms with Gasteiger partial charge in [-0.25, -0.2) is 0 Å². The van der Waals surface area contributed by atoms with E-state index < -0.39 is 26.1 Å². The van der Waals surface area contributed by atoms with Crippen molar-refractivity contribution < 1.29 is 19.4 Å². The fraction of sp³-hybridized carbons (Fsp3) is 0.846. The Labute approximate surface area is 110 Å². The first-order valence-electron chi connectivity index (χ1n) is 6.61. The van der Waals surface area contributed by atoms with Gasteiger partial charge >= 0.3 is 0 Å². The van der Waals surface area contributed by atoms with Gasteiger partial charge in [-0.1, -0.05) is 26.7 Å². The van der Waals surface area contributed by atoms with Gasteiger partial charge in [0.25, 0.3) is 0 Å². The summed E-state index contributed by atoms with van der Waals surface area (Å²) in [6.07, 6.45) is 3.64. The summed E-state index contributed by atoms with van der Waals surface area (Å²) in [5.41, 5.74) is -1.62. The van der Waals surface area contributed by atoms with E-state index in [0.29, 0.717) is 0 Å². The summed E-state index contributed by atoms with van der Waals surface area (Å²) < 4.78 is 11.4. The Hall–Kier alpha value is -0.383. The van der Waals surface area contributed by atoms with Gasteiger partial charge in [-0.2, -0.15) is 0 Å². The fourth-order valence-electron chi connectivity index (χ4n) is 2.35. The van der Waals surface area contributed by atoms with Gasteiger partial charge in [0.1, 0.15) is 12.2 Å². The van der Waals surface area contributed by atoms with Crippen LogP contribution >= 0.6 is 0 Å². The zero-order valence-electron chi connectivity index (χ0n) is 11.5. The molecule has 18 heavy (non-hydrogen) atoms. The molecule has 1 saturated heterocycles. The van der Waals surface area contributed by atoms with Crippen molar-refractivity contribution in [1.82, 2.24) is 0 Å². The number of aliphatic hydroxyl groups excluding tert-OH is 1. The van der Waals surface area contributed by atoms with Crippen LogP contribution in [0.25, 0.3) is 0 Å². The van der Waals surface area contributed by atoms with Crippen molar-refractivity contribution in [2.75, 3.05) is 13.2 Å². The molecule has 0 aliphatic carbocycles. The lowest BCUT2D eigenvalue weighted by Gasteiger charge is -2.32. The van der Waals surface area contributed by atoms with Crippen LogP contribution in [0.5, 0.6) is 0 Å². The molecule has 0 spiro atoms. The summed E-state index contributed by atoms with van der Waals surface area (Å²) in [6, 6.07) is 3.09. The number of hydrogen-bond acceptors (Lipinski definition) is 4.